The molecule has 1 aromatic carbocycles. The minimum absolute atomic E-state index is 0.0212. The molecule has 3 N–H and O–H groups in total. The van der Waals surface area contributed by atoms with Gasteiger partial charge < -0.3 is 15.0 Å². The van der Waals surface area contributed by atoms with Gasteiger partial charge in [-0.1, -0.05) is 38.5 Å². The number of carbonyl (C=O) groups excluding carboxylic acids is 1. The number of nitrogens with two attached hydrogens (primary N) is 1. The van der Waals surface area contributed by atoms with E-state index in [0.29, 0.717) is 5.75 Å². The minimum Gasteiger partial charge on any atom is -0.468 e. The van der Waals surface area contributed by atoms with Gasteiger partial charge in [0.2, 0.25) is 0 Å². The van der Waals surface area contributed by atoms with E-state index in [0.717, 1.165) is 12.8 Å². The lowest BCUT2D eigenvalue weighted by Gasteiger charge is -2.21. The molecule has 2 aromatic rings. The lowest BCUT2D eigenvalue weighted by atomic mass is 10.2. The third kappa shape index (κ3) is 8.85. The summed E-state index contributed by atoms with van der Waals surface area (Å²) in [6.07, 6.45) is 4.34. The van der Waals surface area contributed by atoms with Crippen LogP contribution >= 0.6 is 19.5 Å². The second-order valence-corrected chi connectivity index (χ2v) is 10.4. The van der Waals surface area contributed by atoms with Crippen molar-refractivity contribution in [2.24, 2.45) is 0 Å². The number of methoxy groups -OCH3 is 1. The number of anilines is 1. The Labute approximate surface area is 197 Å². The van der Waals surface area contributed by atoms with Gasteiger partial charge >= 0.3 is 19.4 Å². The predicted octanol–water partition coefficient (Wildman–Crippen LogP) is 3.60. The van der Waals surface area contributed by atoms with E-state index in [2.05, 4.69) is 28.7 Å². The van der Waals surface area contributed by atoms with Crippen molar-refractivity contribution in [3.05, 3.63) is 53.1 Å². The van der Waals surface area contributed by atoms with Crippen molar-refractivity contribution in [2.75, 3.05) is 26.0 Å². The van der Waals surface area contributed by atoms with Crippen molar-refractivity contribution in [2.45, 2.75) is 43.7 Å². The Morgan fingerprint density at radius 1 is 1.27 bits per heavy atom. The van der Waals surface area contributed by atoms with Crippen molar-refractivity contribution in [1.29, 1.82) is 0 Å². The highest BCUT2D eigenvalue weighted by Gasteiger charge is 2.33. The molecule has 2 heterocycles. The maximum Gasteiger partial charge on any atom is 0.459 e. The van der Waals surface area contributed by atoms with E-state index in [1.165, 1.54) is 29.9 Å². The molecule has 1 aliphatic rings. The number of ether oxygens (including phenoxy) is 1. The molecule has 0 saturated carbocycles. The summed E-state index contributed by atoms with van der Waals surface area (Å²) in [6.45, 7) is 4.03. The average Bonchev–Trinajstić information content (AvgIpc) is 3.26. The average molecular weight is 499 g/mol. The molecule has 10 nitrogen and oxygen atoms in total. The number of hydrogen-bond acceptors (Lipinski definition) is 9. The van der Waals surface area contributed by atoms with Crippen molar-refractivity contribution < 1.29 is 23.1 Å². The van der Waals surface area contributed by atoms with Crippen LogP contribution < -0.4 is 21.0 Å². The standard InChI is InChI=1S/C18H23N4O6PS.C3H8/c1-26-17(23)11-20-29(25,28-13-5-3-2-4-6-13)27-12-14-7-8-16(30-14)22-10-9-15(19)21-18(22)24;1-3-2/h2-6,9-10,14,16H,7-8,11-12H2,1H3,(H,20,25)(H2,19,21,24);3H2,1-2H3. The van der Waals surface area contributed by atoms with Gasteiger partial charge in [0.25, 0.3) is 0 Å². The molecule has 182 valence electrons. The minimum atomic E-state index is -3.83. The topological polar surface area (TPSA) is 135 Å². The van der Waals surface area contributed by atoms with E-state index >= 15 is 0 Å². The molecule has 0 bridgehead atoms. The van der Waals surface area contributed by atoms with E-state index in [1.807, 2.05) is 0 Å². The van der Waals surface area contributed by atoms with Crippen LogP contribution in [0, 0.1) is 0 Å². The number of esters is 1. The fourth-order valence-corrected chi connectivity index (χ4v) is 5.63. The van der Waals surface area contributed by atoms with Crippen LogP contribution in [-0.4, -0.2) is 41.0 Å². The number of nitrogens with zero attached hydrogens (tertiary/aromatic N) is 2. The number of carbonyl (C=O) groups is 1. The Morgan fingerprint density at radius 2 is 1.97 bits per heavy atom. The number of hydrogen-bond donors (Lipinski definition) is 2. The molecule has 1 aromatic heterocycles. The van der Waals surface area contributed by atoms with Gasteiger partial charge in [0.05, 0.1) is 19.1 Å². The third-order valence-corrected chi connectivity index (χ3v) is 7.31. The predicted molar refractivity (Wildman–Crippen MR) is 129 cm³/mol. The molecule has 0 aliphatic carbocycles. The van der Waals surface area contributed by atoms with Crippen LogP contribution in [0.15, 0.2) is 47.4 Å². The molecule has 1 fully saturated rings. The van der Waals surface area contributed by atoms with Gasteiger partial charge in [-0.3, -0.25) is 13.9 Å². The van der Waals surface area contributed by atoms with Crippen LogP contribution in [0.1, 0.15) is 38.5 Å². The molecule has 0 radical (unpaired) electrons. The van der Waals surface area contributed by atoms with E-state index in [-0.39, 0.29) is 29.6 Å². The highest BCUT2D eigenvalue weighted by molar-refractivity contribution is 8.00. The van der Waals surface area contributed by atoms with E-state index in [9.17, 15) is 14.2 Å². The molecule has 3 unspecified atom stereocenters. The first kappa shape index (κ1) is 26.9. The molecule has 3 atom stereocenters. The number of aromatic nitrogens is 2. The second-order valence-electron chi connectivity index (χ2n) is 7.15. The first-order valence-corrected chi connectivity index (χ1v) is 13.1. The van der Waals surface area contributed by atoms with Gasteiger partial charge in [0, 0.05) is 11.4 Å². The van der Waals surface area contributed by atoms with Gasteiger partial charge in [-0.25, -0.2) is 14.4 Å². The summed E-state index contributed by atoms with van der Waals surface area (Å²) in [5.41, 5.74) is 5.13. The second kappa shape index (κ2) is 13.4. The van der Waals surface area contributed by atoms with Crippen LogP contribution in [0.2, 0.25) is 0 Å². The normalized spacial score (nSPS) is 19.1. The molecule has 1 saturated heterocycles. The fraction of sp³-hybridized carbons (Fsp3) is 0.476. The van der Waals surface area contributed by atoms with Crippen molar-refractivity contribution >= 4 is 31.3 Å². The monoisotopic (exact) mass is 498 g/mol. The van der Waals surface area contributed by atoms with Crippen LogP contribution in [0.4, 0.5) is 5.82 Å². The molecule has 0 amide bonds. The molecule has 33 heavy (non-hydrogen) atoms. The molecular formula is C21H31N4O6PS. The number of nitrogen functional groups attached to an aromatic ring is 1. The molecular weight excluding hydrogens is 467 g/mol. The lowest BCUT2D eigenvalue weighted by Crippen LogP contribution is -2.26. The fourth-order valence-electron chi connectivity index (χ4n) is 2.80. The summed E-state index contributed by atoms with van der Waals surface area (Å²) in [5.74, 6) is -0.0783. The number of thioether (sulfide) groups is 1. The summed E-state index contributed by atoms with van der Waals surface area (Å²) in [5, 5.41) is 2.39. The zero-order valence-corrected chi connectivity index (χ0v) is 20.7. The van der Waals surface area contributed by atoms with E-state index < -0.39 is 19.4 Å². The van der Waals surface area contributed by atoms with Gasteiger partial charge in [-0.15, -0.1) is 11.8 Å². The first-order chi connectivity index (χ1) is 15.8. The quantitative estimate of drug-likeness (QED) is 0.390. The molecule has 3 rings (SSSR count). The van der Waals surface area contributed by atoms with Gasteiger partial charge in [0.15, 0.2) is 0 Å². The number of para-hydroxylation sites is 1. The van der Waals surface area contributed by atoms with Gasteiger partial charge in [0.1, 0.15) is 18.1 Å². The number of nitrogens with one attached hydrogen (secondary N) is 1. The van der Waals surface area contributed by atoms with E-state index in [1.54, 1.807) is 42.6 Å². The third-order valence-electron chi connectivity index (χ3n) is 4.29. The Kier molecular flexibility index (Phi) is 10.9. The van der Waals surface area contributed by atoms with Crippen LogP contribution in [0.3, 0.4) is 0 Å². The summed E-state index contributed by atoms with van der Waals surface area (Å²) in [6, 6.07) is 10.1. The molecule has 1 aliphatic heterocycles. The summed E-state index contributed by atoms with van der Waals surface area (Å²) >= 11 is 1.52. The van der Waals surface area contributed by atoms with Crippen LogP contribution in [0.25, 0.3) is 0 Å². The zero-order valence-electron chi connectivity index (χ0n) is 19.0. The highest BCUT2D eigenvalue weighted by Crippen LogP contribution is 2.47. The lowest BCUT2D eigenvalue weighted by molar-refractivity contribution is -0.139. The maximum atomic E-state index is 13.2. The Bertz CT molecular complexity index is 990. The largest absolute Gasteiger partial charge is 0.468 e. The van der Waals surface area contributed by atoms with Gasteiger partial charge in [-0.2, -0.15) is 4.98 Å². The van der Waals surface area contributed by atoms with E-state index in [4.69, 9.17) is 14.8 Å². The van der Waals surface area contributed by atoms with Crippen molar-refractivity contribution in [1.82, 2.24) is 14.6 Å². The molecule has 12 heteroatoms. The zero-order chi connectivity index (χ0) is 24.3. The highest BCUT2D eigenvalue weighted by atomic mass is 32.2. The van der Waals surface area contributed by atoms with Crippen LogP contribution in [0.5, 0.6) is 5.75 Å². The SMILES string of the molecule is CCC.COC(=O)CNP(=O)(OCC1CCC(n2ccc(N)nc2=O)S1)Oc1ccccc1. The summed E-state index contributed by atoms with van der Waals surface area (Å²) in [4.78, 5) is 27.2. The van der Waals surface area contributed by atoms with Crippen molar-refractivity contribution in [3.63, 3.8) is 0 Å². The number of rotatable bonds is 9. The van der Waals surface area contributed by atoms with Crippen molar-refractivity contribution in [3.8, 4) is 5.75 Å². The summed E-state index contributed by atoms with van der Waals surface area (Å²) < 4.78 is 30.4. The first-order valence-electron chi connectivity index (χ1n) is 10.6. The smallest absolute Gasteiger partial charge is 0.459 e. The Balaban J connectivity index is 0.00000122. The Morgan fingerprint density at radius 3 is 2.61 bits per heavy atom. The Hall–Kier alpha value is -2.33. The maximum absolute atomic E-state index is 13.2. The van der Waals surface area contributed by atoms with Crippen LogP contribution in [-0.2, 0) is 18.6 Å². The van der Waals surface area contributed by atoms with Gasteiger partial charge in [-0.05, 0) is 31.0 Å². The molecule has 0 spiro atoms. The summed E-state index contributed by atoms with van der Waals surface area (Å²) in [7, 11) is -2.60. The number of benzene rings is 1.